The van der Waals surface area contributed by atoms with Crippen LogP contribution in [-0.2, 0) is 9.59 Å². The molecule has 0 saturated carbocycles. The molecule has 0 aliphatic carbocycles. The van der Waals surface area contributed by atoms with E-state index in [-0.39, 0.29) is 0 Å². The Kier molecular flexibility index (Phi) is 4.39. The van der Waals surface area contributed by atoms with Crippen molar-refractivity contribution in [2.75, 3.05) is 0 Å². The number of carbonyl (C=O) groups excluding carboxylic acids is 2. The fourth-order valence-corrected chi connectivity index (χ4v) is 1.27. The van der Waals surface area contributed by atoms with Crippen molar-refractivity contribution >= 4 is 17.5 Å². The summed E-state index contributed by atoms with van der Waals surface area (Å²) in [7, 11) is 0. The Bertz CT molecular complexity index is 449. The normalized spacial score (nSPS) is 11.1. The summed E-state index contributed by atoms with van der Waals surface area (Å²) < 4.78 is 0. The molecule has 0 spiro atoms. The number of nitrogens with zero attached hydrogens (tertiary/aromatic N) is 1. The quantitative estimate of drug-likeness (QED) is 0.458. The van der Waals surface area contributed by atoms with E-state index in [1.54, 1.807) is 0 Å². The molecule has 2 amide bonds. The van der Waals surface area contributed by atoms with Crippen LogP contribution in [0.2, 0.25) is 0 Å². The third-order valence-electron chi connectivity index (χ3n) is 2.24. The zero-order chi connectivity index (χ0) is 12.8. The van der Waals surface area contributed by atoms with E-state index in [2.05, 4.69) is 10.5 Å². The number of nitrogens with one attached hydrogen (secondary N) is 1. The summed E-state index contributed by atoms with van der Waals surface area (Å²) in [6, 6.07) is 7.73. The molecule has 0 saturated heterocycles. The number of hydrogen-bond acceptors (Lipinski definition) is 3. The first-order valence-corrected chi connectivity index (χ1v) is 5.28. The van der Waals surface area contributed by atoms with Gasteiger partial charge in [-0.15, -0.1) is 0 Å². The van der Waals surface area contributed by atoms with Gasteiger partial charge in [-0.05, 0) is 18.9 Å². The van der Waals surface area contributed by atoms with Crippen molar-refractivity contribution in [2.45, 2.75) is 20.3 Å². The zero-order valence-corrected chi connectivity index (χ0v) is 9.86. The Labute approximate surface area is 99.7 Å². The minimum atomic E-state index is -1.05. The van der Waals surface area contributed by atoms with Crippen LogP contribution in [0, 0.1) is 6.92 Å². The van der Waals surface area contributed by atoms with Gasteiger partial charge in [-0.1, -0.05) is 36.8 Å². The van der Waals surface area contributed by atoms with Gasteiger partial charge in [0.15, 0.2) is 0 Å². The largest absolute Gasteiger partial charge is 0.361 e. The summed E-state index contributed by atoms with van der Waals surface area (Å²) in [5.74, 6) is -1.96. The van der Waals surface area contributed by atoms with Gasteiger partial charge in [0, 0.05) is 0 Å². The number of hydrazone groups is 1. The molecule has 0 radical (unpaired) electrons. The lowest BCUT2D eigenvalue weighted by Crippen LogP contribution is -2.33. The van der Waals surface area contributed by atoms with Gasteiger partial charge in [-0.25, -0.2) is 5.43 Å². The summed E-state index contributed by atoms with van der Waals surface area (Å²) >= 11 is 0. The molecular weight excluding hydrogens is 218 g/mol. The maximum absolute atomic E-state index is 11.0. The van der Waals surface area contributed by atoms with Crippen molar-refractivity contribution < 1.29 is 9.59 Å². The second-order valence-corrected chi connectivity index (χ2v) is 3.58. The number of nitrogens with two attached hydrogens (primary N) is 1. The van der Waals surface area contributed by atoms with E-state index in [1.165, 1.54) is 0 Å². The van der Waals surface area contributed by atoms with Crippen LogP contribution in [0.15, 0.2) is 29.4 Å². The number of amides is 2. The maximum Gasteiger partial charge on any atom is 0.329 e. The molecule has 1 rings (SSSR count). The number of aryl methyl sites for hydroxylation is 1. The minimum absolute atomic E-state index is 0.641. The second kappa shape index (κ2) is 5.79. The summed E-state index contributed by atoms with van der Waals surface area (Å²) in [4.78, 5) is 21.5. The van der Waals surface area contributed by atoms with Gasteiger partial charge in [0.05, 0.1) is 5.71 Å². The van der Waals surface area contributed by atoms with Gasteiger partial charge in [0.2, 0.25) is 0 Å². The SMILES string of the molecule is CC/C(=N/NC(=O)C(N)=O)c1ccc(C)cc1. The number of carbonyl (C=O) groups is 2. The van der Waals surface area contributed by atoms with Crippen LogP contribution in [0.4, 0.5) is 0 Å². The average molecular weight is 233 g/mol. The number of primary amides is 1. The van der Waals surface area contributed by atoms with Crippen LogP contribution < -0.4 is 11.2 Å². The third kappa shape index (κ3) is 3.71. The van der Waals surface area contributed by atoms with Crippen LogP contribution in [0.3, 0.4) is 0 Å². The molecule has 0 aromatic heterocycles. The predicted octanol–water partition coefficient (Wildman–Crippen LogP) is 0.711. The lowest BCUT2D eigenvalue weighted by molar-refractivity contribution is -0.137. The molecule has 90 valence electrons. The molecule has 0 bridgehead atoms. The zero-order valence-electron chi connectivity index (χ0n) is 9.86. The van der Waals surface area contributed by atoms with Crippen LogP contribution in [0.1, 0.15) is 24.5 Å². The van der Waals surface area contributed by atoms with Crippen LogP contribution in [-0.4, -0.2) is 17.5 Å². The Morgan fingerprint density at radius 3 is 2.35 bits per heavy atom. The lowest BCUT2D eigenvalue weighted by atomic mass is 10.1. The van der Waals surface area contributed by atoms with Gasteiger partial charge in [-0.3, -0.25) is 9.59 Å². The van der Waals surface area contributed by atoms with Crippen molar-refractivity contribution in [1.29, 1.82) is 0 Å². The van der Waals surface area contributed by atoms with Crippen LogP contribution in [0.25, 0.3) is 0 Å². The fraction of sp³-hybridized carbons (Fsp3) is 0.250. The first-order valence-electron chi connectivity index (χ1n) is 5.28. The highest BCUT2D eigenvalue weighted by Gasteiger charge is 2.07. The van der Waals surface area contributed by atoms with E-state index >= 15 is 0 Å². The molecular formula is C12H15N3O2. The van der Waals surface area contributed by atoms with Gasteiger partial charge < -0.3 is 5.73 Å². The first-order chi connectivity index (χ1) is 8.04. The molecule has 0 aliphatic rings. The highest BCUT2D eigenvalue weighted by Crippen LogP contribution is 2.06. The van der Waals surface area contributed by atoms with E-state index in [1.807, 2.05) is 38.1 Å². The van der Waals surface area contributed by atoms with E-state index in [0.29, 0.717) is 12.1 Å². The molecule has 0 fully saturated rings. The molecule has 5 heteroatoms. The summed E-state index contributed by atoms with van der Waals surface area (Å²) in [5.41, 5.74) is 9.67. The smallest absolute Gasteiger partial charge is 0.329 e. The fourth-order valence-electron chi connectivity index (χ4n) is 1.27. The molecule has 0 unspecified atom stereocenters. The third-order valence-corrected chi connectivity index (χ3v) is 2.24. The van der Waals surface area contributed by atoms with Crippen molar-refractivity contribution in [2.24, 2.45) is 10.8 Å². The summed E-state index contributed by atoms with van der Waals surface area (Å²) in [6.07, 6.45) is 0.641. The van der Waals surface area contributed by atoms with Crippen molar-refractivity contribution in [3.8, 4) is 0 Å². The van der Waals surface area contributed by atoms with E-state index in [9.17, 15) is 9.59 Å². The lowest BCUT2D eigenvalue weighted by Gasteiger charge is -2.04. The number of rotatable bonds is 3. The first kappa shape index (κ1) is 12.9. The number of hydrogen-bond donors (Lipinski definition) is 2. The van der Waals surface area contributed by atoms with Gasteiger partial charge in [0.1, 0.15) is 0 Å². The van der Waals surface area contributed by atoms with Crippen LogP contribution in [0.5, 0.6) is 0 Å². The predicted molar refractivity (Wildman–Crippen MR) is 65.3 cm³/mol. The van der Waals surface area contributed by atoms with E-state index in [0.717, 1.165) is 11.1 Å². The van der Waals surface area contributed by atoms with Crippen molar-refractivity contribution in [3.05, 3.63) is 35.4 Å². The summed E-state index contributed by atoms with van der Waals surface area (Å²) in [6.45, 7) is 3.90. The molecule has 17 heavy (non-hydrogen) atoms. The van der Waals surface area contributed by atoms with Crippen molar-refractivity contribution in [1.82, 2.24) is 5.43 Å². The maximum atomic E-state index is 11.0. The molecule has 0 atom stereocenters. The molecule has 1 aromatic carbocycles. The molecule has 1 aromatic rings. The topological polar surface area (TPSA) is 84.6 Å². The van der Waals surface area contributed by atoms with Gasteiger partial charge >= 0.3 is 11.8 Å². The van der Waals surface area contributed by atoms with Crippen LogP contribution >= 0.6 is 0 Å². The highest BCUT2D eigenvalue weighted by molar-refractivity contribution is 6.34. The van der Waals surface area contributed by atoms with Crippen molar-refractivity contribution in [3.63, 3.8) is 0 Å². The standard InChI is InChI=1S/C12H15N3O2/c1-3-10(14-15-12(17)11(13)16)9-6-4-8(2)5-7-9/h4-7H,3H2,1-2H3,(H2,13,16)(H,15,17)/b14-10-. The highest BCUT2D eigenvalue weighted by atomic mass is 16.2. The van der Waals surface area contributed by atoms with E-state index in [4.69, 9.17) is 5.73 Å². The number of benzene rings is 1. The molecule has 0 heterocycles. The minimum Gasteiger partial charge on any atom is -0.361 e. The average Bonchev–Trinajstić information content (AvgIpc) is 2.31. The van der Waals surface area contributed by atoms with Gasteiger partial charge in [0.25, 0.3) is 0 Å². The van der Waals surface area contributed by atoms with Gasteiger partial charge in [-0.2, -0.15) is 5.10 Å². The Hall–Kier alpha value is -2.17. The Morgan fingerprint density at radius 2 is 1.88 bits per heavy atom. The second-order valence-electron chi connectivity index (χ2n) is 3.58. The Balaban J connectivity index is 2.84. The Morgan fingerprint density at radius 1 is 1.29 bits per heavy atom. The molecule has 5 nitrogen and oxygen atoms in total. The molecule has 3 N–H and O–H groups in total. The molecule has 0 aliphatic heterocycles. The summed E-state index contributed by atoms with van der Waals surface area (Å²) in [5, 5.41) is 3.88. The monoisotopic (exact) mass is 233 g/mol. The van der Waals surface area contributed by atoms with E-state index < -0.39 is 11.8 Å².